The Labute approximate surface area is 97.0 Å². The van der Waals surface area contributed by atoms with E-state index in [-0.39, 0.29) is 24.5 Å². The highest BCUT2D eigenvalue weighted by atomic mass is 16.3. The van der Waals surface area contributed by atoms with Gasteiger partial charge in [-0.05, 0) is 18.8 Å². The van der Waals surface area contributed by atoms with E-state index in [9.17, 15) is 4.79 Å². The SMILES string of the molecule is CC(C)C(C(=O)NN)N(CCO)C1CCC1. The van der Waals surface area contributed by atoms with Gasteiger partial charge < -0.3 is 5.11 Å². The Morgan fingerprint density at radius 2 is 2.19 bits per heavy atom. The maximum absolute atomic E-state index is 11.8. The first-order valence-electron chi connectivity index (χ1n) is 5.98. The van der Waals surface area contributed by atoms with Crippen LogP contribution in [0.3, 0.4) is 0 Å². The molecule has 16 heavy (non-hydrogen) atoms. The number of rotatable bonds is 6. The maximum Gasteiger partial charge on any atom is 0.251 e. The highest BCUT2D eigenvalue weighted by Crippen LogP contribution is 2.28. The minimum absolute atomic E-state index is 0.0809. The Balaban J connectivity index is 2.73. The van der Waals surface area contributed by atoms with Crippen molar-refractivity contribution in [2.75, 3.05) is 13.2 Å². The zero-order valence-corrected chi connectivity index (χ0v) is 10.1. The van der Waals surface area contributed by atoms with Gasteiger partial charge in [0.1, 0.15) is 0 Å². The van der Waals surface area contributed by atoms with Crippen molar-refractivity contribution >= 4 is 5.91 Å². The molecule has 0 saturated heterocycles. The number of aliphatic hydroxyl groups is 1. The summed E-state index contributed by atoms with van der Waals surface area (Å²) in [6.07, 6.45) is 3.43. The van der Waals surface area contributed by atoms with Crippen molar-refractivity contribution in [3.8, 4) is 0 Å². The Kier molecular flexibility index (Phi) is 5.18. The number of carbonyl (C=O) groups is 1. The number of aliphatic hydroxyl groups excluding tert-OH is 1. The molecule has 0 bridgehead atoms. The molecule has 0 aromatic carbocycles. The first-order valence-corrected chi connectivity index (χ1v) is 5.98. The van der Waals surface area contributed by atoms with E-state index in [0.717, 1.165) is 12.8 Å². The third kappa shape index (κ3) is 2.93. The molecule has 4 N–H and O–H groups in total. The zero-order valence-electron chi connectivity index (χ0n) is 10.1. The summed E-state index contributed by atoms with van der Waals surface area (Å²) in [5.41, 5.74) is 2.23. The van der Waals surface area contributed by atoms with Gasteiger partial charge in [-0.25, -0.2) is 5.84 Å². The van der Waals surface area contributed by atoms with Crippen molar-refractivity contribution in [1.82, 2.24) is 10.3 Å². The van der Waals surface area contributed by atoms with Crippen molar-refractivity contribution in [3.63, 3.8) is 0 Å². The molecule has 1 rings (SSSR count). The standard InChI is InChI=1S/C11H23N3O2/c1-8(2)10(11(16)13-12)14(6-7-15)9-4-3-5-9/h8-10,15H,3-7,12H2,1-2H3,(H,13,16). The van der Waals surface area contributed by atoms with Crippen LogP contribution in [0, 0.1) is 5.92 Å². The van der Waals surface area contributed by atoms with Crippen molar-refractivity contribution in [1.29, 1.82) is 0 Å². The summed E-state index contributed by atoms with van der Waals surface area (Å²) in [5, 5.41) is 9.09. The van der Waals surface area contributed by atoms with Crippen LogP contribution >= 0.6 is 0 Å². The van der Waals surface area contributed by atoms with Crippen molar-refractivity contribution in [3.05, 3.63) is 0 Å². The van der Waals surface area contributed by atoms with E-state index in [1.165, 1.54) is 6.42 Å². The molecule has 94 valence electrons. The highest BCUT2D eigenvalue weighted by Gasteiger charge is 2.35. The molecular weight excluding hydrogens is 206 g/mol. The second-order valence-electron chi connectivity index (χ2n) is 4.74. The van der Waals surface area contributed by atoms with Gasteiger partial charge in [-0.2, -0.15) is 0 Å². The van der Waals surface area contributed by atoms with Crippen LogP contribution in [-0.4, -0.2) is 41.1 Å². The van der Waals surface area contributed by atoms with E-state index >= 15 is 0 Å². The lowest BCUT2D eigenvalue weighted by Gasteiger charge is -2.42. The molecular formula is C11H23N3O2. The fraction of sp³-hybridized carbons (Fsp3) is 0.909. The van der Waals surface area contributed by atoms with Gasteiger partial charge in [-0.15, -0.1) is 0 Å². The van der Waals surface area contributed by atoms with E-state index in [4.69, 9.17) is 10.9 Å². The molecule has 1 unspecified atom stereocenters. The van der Waals surface area contributed by atoms with E-state index < -0.39 is 0 Å². The molecule has 0 spiro atoms. The third-order valence-electron chi connectivity index (χ3n) is 3.30. The topological polar surface area (TPSA) is 78.6 Å². The number of hydrogen-bond acceptors (Lipinski definition) is 4. The number of carbonyl (C=O) groups excluding carboxylic acids is 1. The first-order chi connectivity index (χ1) is 7.61. The second kappa shape index (κ2) is 6.18. The minimum atomic E-state index is -0.234. The summed E-state index contributed by atoms with van der Waals surface area (Å²) in [6.45, 7) is 4.63. The monoisotopic (exact) mass is 229 g/mol. The molecule has 5 heteroatoms. The molecule has 0 heterocycles. The first kappa shape index (κ1) is 13.4. The van der Waals surface area contributed by atoms with Crippen LogP contribution in [0.15, 0.2) is 0 Å². The average Bonchev–Trinajstić information content (AvgIpc) is 2.14. The molecule has 1 aliphatic carbocycles. The van der Waals surface area contributed by atoms with Gasteiger partial charge in [-0.1, -0.05) is 20.3 Å². The molecule has 1 saturated carbocycles. The summed E-state index contributed by atoms with van der Waals surface area (Å²) in [6, 6.07) is 0.194. The van der Waals surface area contributed by atoms with E-state index in [1.807, 2.05) is 13.8 Å². The van der Waals surface area contributed by atoms with Gasteiger partial charge in [0.15, 0.2) is 0 Å². The minimum Gasteiger partial charge on any atom is -0.395 e. The van der Waals surface area contributed by atoms with Gasteiger partial charge in [0.05, 0.1) is 12.6 Å². The molecule has 1 amide bonds. The lowest BCUT2D eigenvalue weighted by molar-refractivity contribution is -0.130. The van der Waals surface area contributed by atoms with Gasteiger partial charge in [0, 0.05) is 12.6 Å². The summed E-state index contributed by atoms with van der Waals surface area (Å²) in [5.74, 6) is 5.25. The quantitative estimate of drug-likeness (QED) is 0.336. The van der Waals surface area contributed by atoms with Crippen LogP contribution < -0.4 is 11.3 Å². The van der Waals surface area contributed by atoms with Crippen molar-refractivity contribution in [2.24, 2.45) is 11.8 Å². The normalized spacial score (nSPS) is 18.6. The maximum atomic E-state index is 11.8. The Bertz CT molecular complexity index is 229. The highest BCUT2D eigenvalue weighted by molar-refractivity contribution is 5.81. The van der Waals surface area contributed by atoms with E-state index in [2.05, 4.69) is 10.3 Å². The summed E-state index contributed by atoms with van der Waals surface area (Å²) in [4.78, 5) is 13.8. The molecule has 1 aliphatic rings. The number of hydrogen-bond donors (Lipinski definition) is 3. The van der Waals surface area contributed by atoms with Gasteiger partial charge in [0.2, 0.25) is 0 Å². The Hall–Kier alpha value is -0.650. The Morgan fingerprint density at radius 3 is 2.50 bits per heavy atom. The molecule has 0 aromatic heterocycles. The third-order valence-corrected chi connectivity index (χ3v) is 3.30. The molecule has 0 aliphatic heterocycles. The second-order valence-corrected chi connectivity index (χ2v) is 4.74. The van der Waals surface area contributed by atoms with Crippen LogP contribution in [0.25, 0.3) is 0 Å². The summed E-state index contributed by atoms with van der Waals surface area (Å²) < 4.78 is 0. The van der Waals surface area contributed by atoms with Crippen LogP contribution in [0.2, 0.25) is 0 Å². The number of nitrogens with zero attached hydrogens (tertiary/aromatic N) is 1. The molecule has 1 fully saturated rings. The van der Waals surface area contributed by atoms with Gasteiger partial charge in [0.25, 0.3) is 5.91 Å². The van der Waals surface area contributed by atoms with Crippen molar-refractivity contribution in [2.45, 2.75) is 45.2 Å². The fourth-order valence-electron chi connectivity index (χ4n) is 2.30. The Morgan fingerprint density at radius 1 is 1.56 bits per heavy atom. The number of amides is 1. The van der Waals surface area contributed by atoms with E-state index in [1.54, 1.807) is 0 Å². The summed E-state index contributed by atoms with van der Waals surface area (Å²) >= 11 is 0. The number of hydrazine groups is 1. The van der Waals surface area contributed by atoms with Gasteiger partial charge in [-0.3, -0.25) is 15.1 Å². The number of nitrogens with one attached hydrogen (secondary N) is 1. The largest absolute Gasteiger partial charge is 0.395 e. The number of nitrogens with two attached hydrogens (primary N) is 1. The smallest absolute Gasteiger partial charge is 0.251 e. The lowest BCUT2D eigenvalue weighted by Crippen LogP contribution is -2.57. The molecule has 5 nitrogen and oxygen atoms in total. The zero-order chi connectivity index (χ0) is 12.1. The van der Waals surface area contributed by atoms with E-state index in [0.29, 0.717) is 12.6 Å². The van der Waals surface area contributed by atoms with Crippen LogP contribution in [0.1, 0.15) is 33.1 Å². The van der Waals surface area contributed by atoms with Crippen LogP contribution in [0.4, 0.5) is 0 Å². The van der Waals surface area contributed by atoms with Crippen LogP contribution in [0.5, 0.6) is 0 Å². The van der Waals surface area contributed by atoms with Crippen LogP contribution in [-0.2, 0) is 4.79 Å². The molecule has 1 atom stereocenters. The summed E-state index contributed by atoms with van der Waals surface area (Å²) in [7, 11) is 0. The predicted molar refractivity (Wildman–Crippen MR) is 62.4 cm³/mol. The van der Waals surface area contributed by atoms with Gasteiger partial charge >= 0.3 is 0 Å². The lowest BCUT2D eigenvalue weighted by atomic mass is 9.88. The fourth-order valence-corrected chi connectivity index (χ4v) is 2.30. The predicted octanol–water partition coefficient (Wildman–Crippen LogP) is -0.152. The molecule has 0 aromatic rings. The molecule has 0 radical (unpaired) electrons. The average molecular weight is 229 g/mol. The van der Waals surface area contributed by atoms with Crippen molar-refractivity contribution < 1.29 is 9.90 Å².